The molecule has 1 amide bonds. The smallest absolute Gasteiger partial charge is 0.255 e. The highest BCUT2D eigenvalue weighted by Crippen LogP contribution is 2.29. The van der Waals surface area contributed by atoms with Crippen LogP contribution in [0.15, 0.2) is 72.8 Å². The first kappa shape index (κ1) is 18.5. The summed E-state index contributed by atoms with van der Waals surface area (Å²) in [6.45, 7) is 2.70. The van der Waals surface area contributed by atoms with Crippen LogP contribution in [0, 0.1) is 5.82 Å². The van der Waals surface area contributed by atoms with Crippen molar-refractivity contribution < 1.29 is 18.7 Å². The van der Waals surface area contributed by atoms with Gasteiger partial charge in [0.2, 0.25) is 0 Å². The van der Waals surface area contributed by atoms with E-state index in [9.17, 15) is 9.18 Å². The van der Waals surface area contributed by atoms with Crippen molar-refractivity contribution in [2.75, 3.05) is 11.9 Å². The van der Waals surface area contributed by atoms with Crippen LogP contribution in [0.25, 0.3) is 0 Å². The highest BCUT2D eigenvalue weighted by Gasteiger charge is 2.12. The summed E-state index contributed by atoms with van der Waals surface area (Å²) < 4.78 is 24.7. The van der Waals surface area contributed by atoms with E-state index in [-0.39, 0.29) is 5.91 Å². The number of ether oxygens (including phenoxy) is 2. The van der Waals surface area contributed by atoms with E-state index in [1.54, 1.807) is 24.3 Å². The lowest BCUT2D eigenvalue weighted by Crippen LogP contribution is -2.12. The Bertz CT molecular complexity index is 912. The van der Waals surface area contributed by atoms with Crippen LogP contribution >= 0.6 is 0 Å². The Balaban J connectivity index is 1.75. The molecular weight excluding hydrogens is 345 g/mol. The molecule has 0 radical (unpaired) electrons. The Morgan fingerprint density at radius 1 is 0.926 bits per heavy atom. The summed E-state index contributed by atoms with van der Waals surface area (Å²) in [5, 5.41) is 2.67. The minimum atomic E-state index is -0.410. The molecule has 0 spiro atoms. The van der Waals surface area contributed by atoms with Crippen LogP contribution in [0.4, 0.5) is 10.1 Å². The third kappa shape index (κ3) is 5.07. The first-order valence-electron chi connectivity index (χ1n) is 8.66. The Hall–Kier alpha value is -3.34. The summed E-state index contributed by atoms with van der Waals surface area (Å²) in [5.41, 5.74) is 1.82. The molecule has 3 rings (SSSR count). The standard InChI is InChI=1S/C22H20FNO3/c1-2-26-21-13-17(22(25)24-19-10-6-9-18(23)14-19)11-12-20(21)27-15-16-7-4-3-5-8-16/h3-14H,2,15H2,1H3,(H,24,25). The molecule has 0 atom stereocenters. The maximum Gasteiger partial charge on any atom is 0.255 e. The SMILES string of the molecule is CCOc1cc(C(=O)Nc2cccc(F)c2)ccc1OCc1ccccc1. The molecular formula is C22H20FNO3. The van der Waals surface area contributed by atoms with Gasteiger partial charge < -0.3 is 14.8 Å². The molecule has 5 heteroatoms. The minimum Gasteiger partial charge on any atom is -0.490 e. The number of halogens is 1. The van der Waals surface area contributed by atoms with Gasteiger partial charge in [0, 0.05) is 11.3 Å². The number of hydrogen-bond donors (Lipinski definition) is 1. The minimum absolute atomic E-state index is 0.351. The second kappa shape index (κ2) is 8.85. The Kier molecular flexibility index (Phi) is 6.05. The van der Waals surface area contributed by atoms with E-state index >= 15 is 0 Å². The molecule has 138 valence electrons. The van der Waals surface area contributed by atoms with Crippen molar-refractivity contribution in [2.24, 2.45) is 0 Å². The molecule has 0 aliphatic carbocycles. The lowest BCUT2D eigenvalue weighted by atomic mass is 10.1. The highest BCUT2D eigenvalue weighted by molar-refractivity contribution is 6.04. The molecule has 0 heterocycles. The normalized spacial score (nSPS) is 10.3. The number of carbonyl (C=O) groups excluding carboxylic acids is 1. The predicted octanol–water partition coefficient (Wildman–Crippen LogP) is 5.06. The third-order valence-electron chi connectivity index (χ3n) is 3.83. The van der Waals surface area contributed by atoms with E-state index in [1.165, 1.54) is 18.2 Å². The van der Waals surface area contributed by atoms with Crippen LogP contribution in [0.3, 0.4) is 0 Å². The van der Waals surface area contributed by atoms with Crippen LogP contribution in [0.1, 0.15) is 22.8 Å². The van der Waals surface area contributed by atoms with Crippen LogP contribution in [0.2, 0.25) is 0 Å². The Morgan fingerprint density at radius 2 is 1.74 bits per heavy atom. The molecule has 0 saturated carbocycles. The van der Waals surface area contributed by atoms with Crippen molar-refractivity contribution in [1.82, 2.24) is 0 Å². The van der Waals surface area contributed by atoms with Crippen LogP contribution in [-0.2, 0) is 6.61 Å². The quantitative estimate of drug-likeness (QED) is 0.637. The number of rotatable bonds is 7. The Morgan fingerprint density at radius 3 is 2.48 bits per heavy atom. The third-order valence-corrected chi connectivity index (χ3v) is 3.83. The number of carbonyl (C=O) groups is 1. The van der Waals surface area contributed by atoms with Crippen molar-refractivity contribution in [2.45, 2.75) is 13.5 Å². The molecule has 4 nitrogen and oxygen atoms in total. The van der Waals surface area contributed by atoms with E-state index < -0.39 is 5.82 Å². The summed E-state index contributed by atoms with van der Waals surface area (Å²) in [5.74, 6) is 0.284. The number of hydrogen-bond acceptors (Lipinski definition) is 3. The molecule has 0 aliphatic heterocycles. The molecule has 0 bridgehead atoms. The Labute approximate surface area is 157 Å². The van der Waals surface area contributed by atoms with Gasteiger partial charge in [-0.25, -0.2) is 4.39 Å². The fourth-order valence-corrected chi connectivity index (χ4v) is 2.54. The number of anilines is 1. The van der Waals surface area contributed by atoms with E-state index in [2.05, 4.69) is 5.32 Å². The van der Waals surface area contributed by atoms with Gasteiger partial charge in [0.15, 0.2) is 11.5 Å². The molecule has 0 unspecified atom stereocenters. The average molecular weight is 365 g/mol. The van der Waals surface area contributed by atoms with Gasteiger partial charge in [0.05, 0.1) is 6.61 Å². The molecule has 27 heavy (non-hydrogen) atoms. The lowest BCUT2D eigenvalue weighted by Gasteiger charge is -2.13. The van der Waals surface area contributed by atoms with Gasteiger partial charge in [-0.3, -0.25) is 4.79 Å². The highest BCUT2D eigenvalue weighted by atomic mass is 19.1. The molecule has 0 aromatic heterocycles. The number of benzene rings is 3. The van der Waals surface area contributed by atoms with Crippen molar-refractivity contribution in [3.63, 3.8) is 0 Å². The topological polar surface area (TPSA) is 47.6 Å². The van der Waals surface area contributed by atoms with Gasteiger partial charge in [0.1, 0.15) is 12.4 Å². The number of amides is 1. The zero-order valence-corrected chi connectivity index (χ0v) is 14.9. The fraction of sp³-hybridized carbons (Fsp3) is 0.136. The maximum atomic E-state index is 13.3. The number of nitrogens with one attached hydrogen (secondary N) is 1. The summed E-state index contributed by atoms with van der Waals surface area (Å²) in [7, 11) is 0. The molecule has 3 aromatic rings. The van der Waals surface area contributed by atoms with Crippen molar-refractivity contribution in [1.29, 1.82) is 0 Å². The molecule has 3 aromatic carbocycles. The largest absolute Gasteiger partial charge is 0.490 e. The summed E-state index contributed by atoms with van der Waals surface area (Å²) in [6.07, 6.45) is 0. The maximum absolute atomic E-state index is 13.3. The second-order valence-corrected chi connectivity index (χ2v) is 5.83. The van der Waals surface area contributed by atoms with Gasteiger partial charge in [-0.1, -0.05) is 36.4 Å². The van der Waals surface area contributed by atoms with Crippen LogP contribution < -0.4 is 14.8 Å². The molecule has 0 fully saturated rings. The van der Waals surface area contributed by atoms with Crippen molar-refractivity contribution >= 4 is 11.6 Å². The lowest BCUT2D eigenvalue weighted by molar-refractivity contribution is 0.102. The van der Waals surface area contributed by atoms with Crippen molar-refractivity contribution in [3.8, 4) is 11.5 Å². The van der Waals surface area contributed by atoms with E-state index in [4.69, 9.17) is 9.47 Å². The fourth-order valence-electron chi connectivity index (χ4n) is 2.54. The predicted molar refractivity (Wildman–Crippen MR) is 103 cm³/mol. The van der Waals surface area contributed by atoms with Gasteiger partial charge in [-0.2, -0.15) is 0 Å². The van der Waals surface area contributed by atoms with E-state index in [0.29, 0.717) is 36.0 Å². The van der Waals surface area contributed by atoms with Gasteiger partial charge in [-0.15, -0.1) is 0 Å². The average Bonchev–Trinajstić information content (AvgIpc) is 2.68. The summed E-state index contributed by atoms with van der Waals surface area (Å²) in [6, 6.07) is 20.5. The monoisotopic (exact) mass is 365 g/mol. The first-order valence-corrected chi connectivity index (χ1v) is 8.66. The summed E-state index contributed by atoms with van der Waals surface area (Å²) >= 11 is 0. The molecule has 1 N–H and O–H groups in total. The zero-order valence-electron chi connectivity index (χ0n) is 14.9. The van der Waals surface area contributed by atoms with Gasteiger partial charge in [0.25, 0.3) is 5.91 Å². The second-order valence-electron chi connectivity index (χ2n) is 5.83. The molecule has 0 aliphatic rings. The summed E-state index contributed by atoms with van der Waals surface area (Å²) in [4.78, 5) is 12.4. The molecule has 0 saturated heterocycles. The van der Waals surface area contributed by atoms with E-state index in [0.717, 1.165) is 5.56 Å². The zero-order chi connectivity index (χ0) is 19.1. The van der Waals surface area contributed by atoms with Gasteiger partial charge >= 0.3 is 0 Å². The van der Waals surface area contributed by atoms with Gasteiger partial charge in [-0.05, 0) is 48.9 Å². The van der Waals surface area contributed by atoms with Crippen LogP contribution in [-0.4, -0.2) is 12.5 Å². The first-order chi connectivity index (χ1) is 13.2. The van der Waals surface area contributed by atoms with E-state index in [1.807, 2.05) is 37.3 Å². The van der Waals surface area contributed by atoms with Crippen molar-refractivity contribution in [3.05, 3.63) is 89.7 Å². The van der Waals surface area contributed by atoms with Crippen LogP contribution in [0.5, 0.6) is 11.5 Å².